The number of hydrogen-bond donors (Lipinski definition) is 3. The summed E-state index contributed by atoms with van der Waals surface area (Å²) in [6.07, 6.45) is -4.64. The average Bonchev–Trinajstić information content (AvgIpc) is 2.26. The van der Waals surface area contributed by atoms with Gasteiger partial charge in [-0.05, 0) is 31.5 Å². The first-order valence-corrected chi connectivity index (χ1v) is 6.98. The maximum atomic E-state index is 12.7. The van der Waals surface area contributed by atoms with Crippen molar-refractivity contribution in [2.45, 2.75) is 31.0 Å². The van der Waals surface area contributed by atoms with Crippen molar-refractivity contribution in [3.05, 3.63) is 29.3 Å². The first-order chi connectivity index (χ1) is 8.97. The topological polar surface area (TPSA) is 96.0 Å². The molecule has 0 aliphatic heterocycles. The second-order valence-electron chi connectivity index (χ2n) is 4.22. The Hall–Kier alpha value is -1.61. The first kappa shape index (κ1) is 16.4. The van der Waals surface area contributed by atoms with Crippen LogP contribution in [0.5, 0.6) is 0 Å². The van der Waals surface area contributed by atoms with Crippen molar-refractivity contribution in [3.8, 4) is 0 Å². The molecule has 0 aliphatic carbocycles. The van der Waals surface area contributed by atoms with Gasteiger partial charge in [-0.25, -0.2) is 13.1 Å². The quantitative estimate of drug-likeness (QED) is 0.582. The van der Waals surface area contributed by atoms with Gasteiger partial charge in [0.15, 0.2) is 0 Å². The molecule has 0 aliphatic rings. The van der Waals surface area contributed by atoms with Crippen LogP contribution in [0, 0.1) is 12.3 Å². The number of alkyl halides is 3. The Kier molecular flexibility index (Phi) is 4.45. The first-order valence-electron chi connectivity index (χ1n) is 5.50. The van der Waals surface area contributed by atoms with Crippen LogP contribution >= 0.6 is 0 Å². The van der Waals surface area contributed by atoms with E-state index in [0.29, 0.717) is 0 Å². The summed E-state index contributed by atoms with van der Waals surface area (Å²) in [7, 11) is -4.19. The highest BCUT2D eigenvalue weighted by Crippen LogP contribution is 2.34. The molecule has 0 amide bonds. The number of nitrogens with two attached hydrogens (primary N) is 1. The van der Waals surface area contributed by atoms with E-state index in [-0.39, 0.29) is 0 Å². The van der Waals surface area contributed by atoms with Gasteiger partial charge in [0.2, 0.25) is 10.0 Å². The summed E-state index contributed by atoms with van der Waals surface area (Å²) in [5.41, 5.74) is 3.72. The summed E-state index contributed by atoms with van der Waals surface area (Å²) < 4.78 is 64.3. The molecule has 0 bridgehead atoms. The maximum Gasteiger partial charge on any atom is 0.416 e. The van der Waals surface area contributed by atoms with E-state index < -0.39 is 44.1 Å². The van der Waals surface area contributed by atoms with Crippen LogP contribution in [0.2, 0.25) is 0 Å². The zero-order valence-corrected chi connectivity index (χ0v) is 11.6. The Morgan fingerprint density at radius 3 is 2.40 bits per heavy atom. The number of benzene rings is 1. The number of halogens is 3. The number of amidine groups is 1. The van der Waals surface area contributed by atoms with Gasteiger partial charge < -0.3 is 5.73 Å². The molecule has 112 valence electrons. The summed E-state index contributed by atoms with van der Waals surface area (Å²) >= 11 is 0. The van der Waals surface area contributed by atoms with Crippen molar-refractivity contribution >= 4 is 15.9 Å². The molecule has 1 aromatic rings. The molecule has 1 aromatic carbocycles. The Bertz CT molecular complexity index is 626. The fraction of sp³-hybridized carbons (Fsp3) is 0.364. The van der Waals surface area contributed by atoms with Crippen LogP contribution in [0.3, 0.4) is 0 Å². The standard InChI is InChI=1S/C11H14F3N3O2S/c1-6-8(11(12,13)14)4-3-5-9(6)20(18,19)17-7(2)10(15)16/h3-5,7,17H,1-2H3,(H3,15,16). The lowest BCUT2D eigenvalue weighted by atomic mass is 10.1. The van der Waals surface area contributed by atoms with Gasteiger partial charge in [0.05, 0.1) is 16.5 Å². The summed E-state index contributed by atoms with van der Waals surface area (Å²) in [6, 6.07) is 1.89. The van der Waals surface area contributed by atoms with E-state index in [1.165, 1.54) is 6.92 Å². The minimum atomic E-state index is -4.64. The van der Waals surface area contributed by atoms with Crippen LogP contribution in [0.15, 0.2) is 23.1 Å². The lowest BCUT2D eigenvalue weighted by Crippen LogP contribution is -2.42. The summed E-state index contributed by atoms with van der Waals surface area (Å²) in [5.74, 6) is -0.432. The highest BCUT2D eigenvalue weighted by atomic mass is 32.2. The number of hydrogen-bond acceptors (Lipinski definition) is 3. The molecule has 20 heavy (non-hydrogen) atoms. The predicted octanol–water partition coefficient (Wildman–Crippen LogP) is 1.62. The normalized spacial score (nSPS) is 14.1. The highest BCUT2D eigenvalue weighted by Gasteiger charge is 2.34. The molecule has 0 aromatic heterocycles. The molecule has 0 saturated heterocycles. The minimum Gasteiger partial charge on any atom is -0.386 e. The molecular weight excluding hydrogens is 295 g/mol. The third-order valence-corrected chi connectivity index (χ3v) is 4.36. The van der Waals surface area contributed by atoms with Crippen LogP contribution < -0.4 is 10.5 Å². The molecule has 5 nitrogen and oxygen atoms in total. The van der Waals surface area contributed by atoms with Gasteiger partial charge in [-0.1, -0.05) is 6.07 Å². The lowest BCUT2D eigenvalue weighted by Gasteiger charge is -2.17. The Morgan fingerprint density at radius 1 is 1.40 bits per heavy atom. The number of rotatable bonds is 4. The van der Waals surface area contributed by atoms with Crippen LogP contribution in [0.25, 0.3) is 0 Å². The highest BCUT2D eigenvalue weighted by molar-refractivity contribution is 7.89. The summed E-state index contributed by atoms with van der Waals surface area (Å²) in [4.78, 5) is -0.486. The van der Waals surface area contributed by atoms with E-state index >= 15 is 0 Å². The van der Waals surface area contributed by atoms with Crippen LogP contribution in [-0.4, -0.2) is 20.3 Å². The molecule has 0 heterocycles. The zero-order chi connectivity index (χ0) is 15.7. The third-order valence-electron chi connectivity index (χ3n) is 2.68. The van der Waals surface area contributed by atoms with E-state index in [1.807, 2.05) is 4.72 Å². The van der Waals surface area contributed by atoms with Gasteiger partial charge in [0.1, 0.15) is 5.84 Å². The second kappa shape index (κ2) is 5.41. The van der Waals surface area contributed by atoms with Crippen molar-refractivity contribution < 1.29 is 21.6 Å². The second-order valence-corrected chi connectivity index (χ2v) is 5.91. The lowest BCUT2D eigenvalue weighted by molar-refractivity contribution is -0.138. The van der Waals surface area contributed by atoms with Gasteiger partial charge in [-0.3, -0.25) is 5.41 Å². The van der Waals surface area contributed by atoms with E-state index in [1.54, 1.807) is 0 Å². The van der Waals surface area contributed by atoms with E-state index in [2.05, 4.69) is 0 Å². The van der Waals surface area contributed by atoms with E-state index in [9.17, 15) is 21.6 Å². The van der Waals surface area contributed by atoms with Gasteiger partial charge in [0, 0.05) is 0 Å². The molecule has 0 saturated carbocycles. The SMILES string of the molecule is Cc1c(C(F)(F)F)cccc1S(=O)(=O)NC(C)C(=N)N. The zero-order valence-electron chi connectivity index (χ0n) is 10.7. The largest absolute Gasteiger partial charge is 0.416 e. The Balaban J connectivity index is 3.31. The molecule has 0 spiro atoms. The van der Waals surface area contributed by atoms with Crippen molar-refractivity contribution in [3.63, 3.8) is 0 Å². The Morgan fingerprint density at radius 2 is 1.95 bits per heavy atom. The molecule has 9 heteroatoms. The fourth-order valence-corrected chi connectivity index (χ4v) is 3.06. The van der Waals surface area contributed by atoms with Gasteiger partial charge in [-0.15, -0.1) is 0 Å². The minimum absolute atomic E-state index is 0.400. The van der Waals surface area contributed by atoms with Gasteiger partial charge in [0.25, 0.3) is 0 Å². The molecule has 1 rings (SSSR count). The molecule has 0 radical (unpaired) electrons. The van der Waals surface area contributed by atoms with Crippen molar-refractivity contribution in [1.29, 1.82) is 5.41 Å². The molecule has 1 atom stereocenters. The molecule has 1 unspecified atom stereocenters. The summed E-state index contributed by atoms with van der Waals surface area (Å²) in [6.45, 7) is 2.40. The van der Waals surface area contributed by atoms with E-state index in [0.717, 1.165) is 25.1 Å². The smallest absolute Gasteiger partial charge is 0.386 e. The molecule has 4 N–H and O–H groups in total. The van der Waals surface area contributed by atoms with Gasteiger partial charge >= 0.3 is 6.18 Å². The fourth-order valence-electron chi connectivity index (χ4n) is 1.57. The predicted molar refractivity (Wildman–Crippen MR) is 67.9 cm³/mol. The average molecular weight is 309 g/mol. The maximum absolute atomic E-state index is 12.7. The van der Waals surface area contributed by atoms with Crippen molar-refractivity contribution in [2.24, 2.45) is 5.73 Å². The Labute approximate surface area is 114 Å². The number of sulfonamides is 1. The van der Waals surface area contributed by atoms with Crippen LogP contribution in [0.4, 0.5) is 13.2 Å². The van der Waals surface area contributed by atoms with Crippen LogP contribution in [-0.2, 0) is 16.2 Å². The van der Waals surface area contributed by atoms with Crippen LogP contribution in [0.1, 0.15) is 18.1 Å². The number of nitrogens with one attached hydrogen (secondary N) is 2. The molecule has 0 fully saturated rings. The van der Waals surface area contributed by atoms with Gasteiger partial charge in [-0.2, -0.15) is 13.2 Å². The van der Waals surface area contributed by atoms with E-state index in [4.69, 9.17) is 11.1 Å². The van der Waals surface area contributed by atoms with Crippen molar-refractivity contribution in [1.82, 2.24) is 4.72 Å². The molecular formula is C11H14F3N3O2S. The van der Waals surface area contributed by atoms with Crippen molar-refractivity contribution in [2.75, 3.05) is 0 Å². The monoisotopic (exact) mass is 309 g/mol. The third kappa shape index (κ3) is 3.48. The summed E-state index contributed by atoms with van der Waals surface area (Å²) in [5, 5.41) is 7.11.